The predicted molar refractivity (Wildman–Crippen MR) is 76.9 cm³/mol. The average Bonchev–Trinajstić information content (AvgIpc) is 2.68. The van der Waals surface area contributed by atoms with Crippen LogP contribution in [0, 0.1) is 11.3 Å². The van der Waals surface area contributed by atoms with Gasteiger partial charge in [-0.2, -0.15) is 5.26 Å². The number of fused-ring (bicyclic) bond motifs is 1. The molecule has 4 nitrogen and oxygen atoms in total. The van der Waals surface area contributed by atoms with Crippen LogP contribution in [0.3, 0.4) is 0 Å². The average molecular weight is 286 g/mol. The minimum atomic E-state index is 0.331. The van der Waals surface area contributed by atoms with Crippen LogP contribution in [0.15, 0.2) is 36.4 Å². The van der Waals surface area contributed by atoms with Gasteiger partial charge in [0, 0.05) is 12.1 Å². The van der Waals surface area contributed by atoms with Crippen LogP contribution < -0.4 is 9.64 Å². The summed E-state index contributed by atoms with van der Waals surface area (Å²) in [6.07, 6.45) is 0. The highest BCUT2D eigenvalue weighted by Crippen LogP contribution is 2.26. The number of halogens is 1. The molecule has 2 aromatic rings. The molecule has 0 radical (unpaired) electrons. The van der Waals surface area contributed by atoms with Gasteiger partial charge < -0.3 is 9.64 Å². The SMILES string of the molecule is N#Cc1cc(Cl)nc(N2CCOc3ccccc3C2)c1. The Balaban J connectivity index is 1.95. The Bertz CT molecular complexity index is 681. The van der Waals surface area contributed by atoms with Crippen LogP contribution >= 0.6 is 11.6 Å². The minimum absolute atomic E-state index is 0.331. The number of pyridine rings is 1. The molecular formula is C15H12ClN3O. The highest BCUT2D eigenvalue weighted by atomic mass is 35.5. The second kappa shape index (κ2) is 5.40. The molecule has 0 bridgehead atoms. The molecular weight excluding hydrogens is 274 g/mol. The van der Waals surface area contributed by atoms with Crippen molar-refractivity contribution in [2.24, 2.45) is 0 Å². The summed E-state index contributed by atoms with van der Waals surface area (Å²) >= 11 is 5.97. The van der Waals surface area contributed by atoms with E-state index in [4.69, 9.17) is 21.6 Å². The number of aromatic nitrogens is 1. The lowest BCUT2D eigenvalue weighted by atomic mass is 10.2. The first-order chi connectivity index (χ1) is 9.76. The quantitative estimate of drug-likeness (QED) is 0.756. The van der Waals surface area contributed by atoms with Crippen molar-refractivity contribution in [1.82, 2.24) is 4.98 Å². The summed E-state index contributed by atoms with van der Waals surface area (Å²) < 4.78 is 5.72. The number of nitriles is 1. The fraction of sp³-hybridized carbons (Fsp3) is 0.200. The van der Waals surface area contributed by atoms with Gasteiger partial charge in [-0.05, 0) is 18.2 Å². The van der Waals surface area contributed by atoms with E-state index in [1.807, 2.05) is 24.3 Å². The molecule has 0 saturated carbocycles. The van der Waals surface area contributed by atoms with Crippen LogP contribution in [-0.4, -0.2) is 18.1 Å². The number of anilines is 1. The molecule has 0 aliphatic carbocycles. The van der Waals surface area contributed by atoms with Crippen molar-refractivity contribution in [1.29, 1.82) is 5.26 Å². The molecule has 2 heterocycles. The van der Waals surface area contributed by atoms with E-state index in [-0.39, 0.29) is 0 Å². The van der Waals surface area contributed by atoms with E-state index in [0.717, 1.165) is 11.3 Å². The molecule has 20 heavy (non-hydrogen) atoms. The van der Waals surface area contributed by atoms with Gasteiger partial charge in [-0.15, -0.1) is 0 Å². The maximum atomic E-state index is 9.02. The van der Waals surface area contributed by atoms with Gasteiger partial charge in [0.15, 0.2) is 0 Å². The fourth-order valence-corrected chi connectivity index (χ4v) is 2.44. The molecule has 1 aliphatic heterocycles. The zero-order valence-electron chi connectivity index (χ0n) is 10.7. The molecule has 0 N–H and O–H groups in total. The van der Waals surface area contributed by atoms with Gasteiger partial charge in [-0.25, -0.2) is 4.98 Å². The molecule has 5 heteroatoms. The van der Waals surface area contributed by atoms with Crippen molar-refractivity contribution >= 4 is 17.4 Å². The zero-order valence-corrected chi connectivity index (χ0v) is 11.5. The maximum absolute atomic E-state index is 9.02. The molecule has 1 aromatic heterocycles. The van der Waals surface area contributed by atoms with E-state index in [2.05, 4.69) is 16.0 Å². The second-order valence-corrected chi connectivity index (χ2v) is 4.91. The van der Waals surface area contributed by atoms with E-state index in [1.165, 1.54) is 0 Å². The van der Waals surface area contributed by atoms with Crippen molar-refractivity contribution in [3.63, 3.8) is 0 Å². The standard InChI is InChI=1S/C15H12ClN3O/c16-14-7-11(9-17)8-15(18-14)19-5-6-20-13-4-2-1-3-12(13)10-19/h1-4,7-8H,5-6,10H2. The Morgan fingerprint density at radius 1 is 1.30 bits per heavy atom. The molecule has 0 unspecified atom stereocenters. The number of para-hydroxylation sites is 1. The summed E-state index contributed by atoms with van der Waals surface area (Å²) in [5.74, 6) is 1.60. The Hall–Kier alpha value is -2.25. The van der Waals surface area contributed by atoms with Crippen molar-refractivity contribution in [2.75, 3.05) is 18.1 Å². The van der Waals surface area contributed by atoms with Crippen LogP contribution in [0.4, 0.5) is 5.82 Å². The van der Waals surface area contributed by atoms with Crippen molar-refractivity contribution in [3.05, 3.63) is 52.7 Å². The monoisotopic (exact) mass is 285 g/mol. The van der Waals surface area contributed by atoms with Crippen LogP contribution in [-0.2, 0) is 6.54 Å². The number of hydrogen-bond donors (Lipinski definition) is 0. The molecule has 0 atom stereocenters. The first kappa shape index (κ1) is 12.8. The summed E-state index contributed by atoms with van der Waals surface area (Å²) in [5.41, 5.74) is 1.61. The van der Waals surface area contributed by atoms with Crippen LogP contribution in [0.25, 0.3) is 0 Å². The zero-order chi connectivity index (χ0) is 13.9. The molecule has 0 amide bonds. The Labute approximate surface area is 122 Å². The van der Waals surface area contributed by atoms with Gasteiger partial charge in [-0.3, -0.25) is 0 Å². The maximum Gasteiger partial charge on any atom is 0.132 e. The molecule has 0 fully saturated rings. The Kier molecular flexibility index (Phi) is 3.44. The van der Waals surface area contributed by atoms with Crippen LogP contribution in [0.2, 0.25) is 5.15 Å². The number of nitrogens with zero attached hydrogens (tertiary/aromatic N) is 3. The smallest absolute Gasteiger partial charge is 0.132 e. The largest absolute Gasteiger partial charge is 0.491 e. The summed E-state index contributed by atoms with van der Waals surface area (Å²) in [7, 11) is 0. The van der Waals surface area contributed by atoms with E-state index >= 15 is 0 Å². The third-order valence-corrected chi connectivity index (χ3v) is 3.38. The summed E-state index contributed by atoms with van der Waals surface area (Å²) in [5, 5.41) is 9.35. The van der Waals surface area contributed by atoms with Crippen LogP contribution in [0.5, 0.6) is 5.75 Å². The molecule has 1 aliphatic rings. The predicted octanol–water partition coefficient (Wildman–Crippen LogP) is 3.01. The Morgan fingerprint density at radius 2 is 2.15 bits per heavy atom. The van der Waals surface area contributed by atoms with E-state index in [1.54, 1.807) is 12.1 Å². The topological polar surface area (TPSA) is 49.2 Å². The summed E-state index contributed by atoms with van der Waals surface area (Å²) in [6.45, 7) is 1.97. The van der Waals surface area contributed by atoms with E-state index in [0.29, 0.717) is 36.2 Å². The Morgan fingerprint density at radius 3 is 3.00 bits per heavy atom. The van der Waals surface area contributed by atoms with Gasteiger partial charge in [0.2, 0.25) is 0 Å². The summed E-state index contributed by atoms with van der Waals surface area (Å²) in [6, 6.07) is 13.3. The van der Waals surface area contributed by atoms with Gasteiger partial charge in [0.25, 0.3) is 0 Å². The van der Waals surface area contributed by atoms with Gasteiger partial charge in [0.1, 0.15) is 23.3 Å². The molecule has 3 rings (SSSR count). The van der Waals surface area contributed by atoms with Gasteiger partial charge >= 0.3 is 0 Å². The first-order valence-electron chi connectivity index (χ1n) is 6.29. The highest BCUT2D eigenvalue weighted by Gasteiger charge is 2.17. The minimum Gasteiger partial charge on any atom is -0.491 e. The number of rotatable bonds is 1. The number of benzene rings is 1. The van der Waals surface area contributed by atoms with Crippen molar-refractivity contribution < 1.29 is 4.74 Å². The van der Waals surface area contributed by atoms with E-state index < -0.39 is 0 Å². The number of ether oxygens (including phenoxy) is 1. The molecule has 0 saturated heterocycles. The van der Waals surface area contributed by atoms with E-state index in [9.17, 15) is 0 Å². The third kappa shape index (κ3) is 2.54. The lowest BCUT2D eigenvalue weighted by Crippen LogP contribution is -2.26. The molecule has 1 aromatic carbocycles. The lowest BCUT2D eigenvalue weighted by molar-refractivity contribution is 0.331. The van der Waals surface area contributed by atoms with Gasteiger partial charge in [0.05, 0.1) is 18.2 Å². The highest BCUT2D eigenvalue weighted by molar-refractivity contribution is 6.29. The second-order valence-electron chi connectivity index (χ2n) is 4.53. The summed E-state index contributed by atoms with van der Waals surface area (Å²) in [4.78, 5) is 6.37. The molecule has 100 valence electrons. The van der Waals surface area contributed by atoms with Crippen LogP contribution in [0.1, 0.15) is 11.1 Å². The molecule has 0 spiro atoms. The fourth-order valence-electron chi connectivity index (χ4n) is 2.23. The van der Waals surface area contributed by atoms with Crippen molar-refractivity contribution in [3.8, 4) is 11.8 Å². The normalized spacial score (nSPS) is 13.9. The number of hydrogen-bond acceptors (Lipinski definition) is 4. The van der Waals surface area contributed by atoms with Crippen molar-refractivity contribution in [2.45, 2.75) is 6.54 Å². The van der Waals surface area contributed by atoms with Gasteiger partial charge in [-0.1, -0.05) is 29.8 Å². The first-order valence-corrected chi connectivity index (χ1v) is 6.67. The lowest BCUT2D eigenvalue weighted by Gasteiger charge is -2.21. The third-order valence-electron chi connectivity index (χ3n) is 3.19.